The summed E-state index contributed by atoms with van der Waals surface area (Å²) in [6.07, 6.45) is 1.45. The van der Waals surface area contributed by atoms with E-state index in [1.54, 1.807) is 7.05 Å². The lowest BCUT2D eigenvalue weighted by molar-refractivity contribution is -0.121. The molecule has 1 amide bonds. The molecule has 0 aliphatic carbocycles. The number of hydrogen-bond acceptors (Lipinski definition) is 3. The van der Waals surface area contributed by atoms with Crippen LogP contribution in [-0.4, -0.2) is 28.1 Å². The highest BCUT2D eigenvalue weighted by molar-refractivity contribution is 7.80. The van der Waals surface area contributed by atoms with Crippen LogP contribution in [0.15, 0.2) is 17.8 Å². The van der Waals surface area contributed by atoms with Gasteiger partial charge in [0.25, 0.3) is 5.91 Å². The first-order valence-electron chi connectivity index (χ1n) is 4.89. The summed E-state index contributed by atoms with van der Waals surface area (Å²) >= 11 is 16.6. The van der Waals surface area contributed by atoms with Gasteiger partial charge in [-0.3, -0.25) is 9.69 Å². The molecule has 1 saturated heterocycles. The molecular formula is C11H8Cl2N2O2S. The first-order valence-corrected chi connectivity index (χ1v) is 6.05. The van der Waals surface area contributed by atoms with Gasteiger partial charge in [0.1, 0.15) is 11.4 Å². The van der Waals surface area contributed by atoms with E-state index in [0.29, 0.717) is 15.7 Å². The number of nitrogens with one attached hydrogen (secondary N) is 1. The van der Waals surface area contributed by atoms with Crippen molar-refractivity contribution in [3.8, 4) is 5.75 Å². The summed E-state index contributed by atoms with van der Waals surface area (Å²) in [7, 11) is 1.56. The van der Waals surface area contributed by atoms with E-state index in [9.17, 15) is 9.90 Å². The number of phenolic OH excluding ortho intramolecular Hbond substituents is 1. The van der Waals surface area contributed by atoms with E-state index in [4.69, 9.17) is 35.4 Å². The molecule has 2 N–H and O–H groups in total. The molecule has 0 bridgehead atoms. The Labute approximate surface area is 119 Å². The average Bonchev–Trinajstić information content (AvgIpc) is 2.53. The Kier molecular flexibility index (Phi) is 3.47. The van der Waals surface area contributed by atoms with Crippen LogP contribution in [0.2, 0.25) is 10.0 Å². The van der Waals surface area contributed by atoms with Gasteiger partial charge in [-0.1, -0.05) is 23.2 Å². The van der Waals surface area contributed by atoms with Crippen molar-refractivity contribution >= 4 is 52.5 Å². The summed E-state index contributed by atoms with van der Waals surface area (Å²) in [5.74, 6) is -0.417. The molecule has 0 spiro atoms. The first-order chi connectivity index (χ1) is 8.40. The number of aromatic hydroxyl groups is 1. The van der Waals surface area contributed by atoms with E-state index in [0.717, 1.165) is 0 Å². The zero-order chi connectivity index (χ0) is 13.4. The Morgan fingerprint density at radius 2 is 2.11 bits per heavy atom. The number of halogens is 2. The Hall–Kier alpha value is -1.30. The summed E-state index contributed by atoms with van der Waals surface area (Å²) in [4.78, 5) is 13.1. The van der Waals surface area contributed by atoms with E-state index < -0.39 is 0 Å². The van der Waals surface area contributed by atoms with Gasteiger partial charge in [-0.05, 0) is 30.4 Å². The highest BCUT2D eigenvalue weighted by Crippen LogP contribution is 2.32. The summed E-state index contributed by atoms with van der Waals surface area (Å²) in [6, 6.07) is 2.92. The standard InChI is InChI=1S/C11H8Cl2N2O2S/c1-15-10(17)8(14-11(15)18)3-5-2-6(12)4-7(13)9(5)16/h2-4,16H,1H3,(H,14,18). The number of amides is 1. The average molecular weight is 303 g/mol. The van der Waals surface area contributed by atoms with Crippen LogP contribution in [0.3, 0.4) is 0 Å². The van der Waals surface area contributed by atoms with Crippen molar-refractivity contribution in [3.63, 3.8) is 0 Å². The molecule has 0 aromatic heterocycles. The summed E-state index contributed by atoms with van der Waals surface area (Å²) in [5, 5.41) is 13.3. The molecule has 1 aliphatic heterocycles. The maximum atomic E-state index is 11.8. The fraction of sp³-hybridized carbons (Fsp3) is 0.0909. The Balaban J connectivity index is 2.46. The topological polar surface area (TPSA) is 52.6 Å². The molecule has 1 fully saturated rings. The Bertz CT molecular complexity index is 587. The van der Waals surface area contributed by atoms with Crippen molar-refractivity contribution in [3.05, 3.63) is 33.4 Å². The fourth-order valence-electron chi connectivity index (χ4n) is 1.47. The number of carbonyl (C=O) groups excluding carboxylic acids is 1. The van der Waals surface area contributed by atoms with Crippen LogP contribution in [0.1, 0.15) is 5.56 Å². The number of phenols is 1. The van der Waals surface area contributed by atoms with E-state index in [-0.39, 0.29) is 22.4 Å². The maximum Gasteiger partial charge on any atom is 0.276 e. The first kappa shape index (κ1) is 13.1. The highest BCUT2D eigenvalue weighted by Gasteiger charge is 2.27. The van der Waals surface area contributed by atoms with Gasteiger partial charge in [0.15, 0.2) is 5.11 Å². The number of rotatable bonds is 1. The molecule has 2 rings (SSSR count). The molecule has 7 heteroatoms. The molecule has 1 aromatic carbocycles. The number of benzene rings is 1. The normalized spacial score (nSPS) is 17.5. The lowest BCUT2D eigenvalue weighted by Crippen LogP contribution is -2.25. The molecule has 1 heterocycles. The Morgan fingerprint density at radius 1 is 1.44 bits per heavy atom. The van der Waals surface area contributed by atoms with Crippen molar-refractivity contribution in [1.29, 1.82) is 0 Å². The molecule has 0 atom stereocenters. The monoisotopic (exact) mass is 302 g/mol. The molecule has 4 nitrogen and oxygen atoms in total. The predicted molar refractivity (Wildman–Crippen MR) is 74.6 cm³/mol. The maximum absolute atomic E-state index is 11.8. The van der Waals surface area contributed by atoms with Crippen LogP contribution >= 0.6 is 35.4 Å². The van der Waals surface area contributed by atoms with Crippen LogP contribution in [0, 0.1) is 0 Å². The molecule has 0 saturated carbocycles. The lowest BCUT2D eigenvalue weighted by Gasteiger charge is -2.04. The fourth-order valence-corrected chi connectivity index (χ4v) is 2.18. The van der Waals surface area contributed by atoms with Gasteiger partial charge in [-0.2, -0.15) is 0 Å². The van der Waals surface area contributed by atoms with Crippen LogP contribution in [0.5, 0.6) is 5.75 Å². The number of nitrogens with zero attached hydrogens (tertiary/aromatic N) is 1. The third-order valence-corrected chi connectivity index (χ3v) is 3.32. The summed E-state index contributed by atoms with van der Waals surface area (Å²) < 4.78 is 0. The lowest BCUT2D eigenvalue weighted by atomic mass is 10.1. The number of thiocarbonyl (C=S) groups is 1. The Morgan fingerprint density at radius 3 is 2.67 bits per heavy atom. The van der Waals surface area contributed by atoms with Crippen LogP contribution < -0.4 is 5.32 Å². The predicted octanol–water partition coefficient (Wildman–Crippen LogP) is 2.39. The number of hydrogen-bond donors (Lipinski definition) is 2. The van der Waals surface area contributed by atoms with Crippen molar-refractivity contribution < 1.29 is 9.90 Å². The minimum Gasteiger partial charge on any atom is -0.506 e. The minimum atomic E-state index is -0.282. The van der Waals surface area contributed by atoms with Gasteiger partial charge in [0.2, 0.25) is 0 Å². The van der Waals surface area contributed by atoms with Gasteiger partial charge in [-0.15, -0.1) is 0 Å². The van der Waals surface area contributed by atoms with Gasteiger partial charge >= 0.3 is 0 Å². The van der Waals surface area contributed by atoms with Crippen LogP contribution in [-0.2, 0) is 4.79 Å². The zero-order valence-electron chi connectivity index (χ0n) is 9.20. The van der Waals surface area contributed by atoms with Crippen LogP contribution in [0.25, 0.3) is 6.08 Å². The SMILES string of the molecule is CN1C(=O)C(=Cc2cc(Cl)cc(Cl)c2O)NC1=S. The largest absolute Gasteiger partial charge is 0.506 e. The van der Waals surface area contributed by atoms with E-state index in [1.165, 1.54) is 23.1 Å². The second kappa shape index (κ2) is 4.76. The van der Waals surface area contributed by atoms with Crippen LogP contribution in [0.4, 0.5) is 0 Å². The van der Waals surface area contributed by atoms with E-state index in [1.807, 2.05) is 0 Å². The molecule has 18 heavy (non-hydrogen) atoms. The summed E-state index contributed by atoms with van der Waals surface area (Å²) in [6.45, 7) is 0. The second-order valence-corrected chi connectivity index (χ2v) is 4.91. The second-order valence-electron chi connectivity index (χ2n) is 3.68. The zero-order valence-corrected chi connectivity index (χ0v) is 11.5. The number of carbonyl (C=O) groups is 1. The highest BCUT2D eigenvalue weighted by atomic mass is 35.5. The van der Waals surface area contributed by atoms with Crippen molar-refractivity contribution in [2.75, 3.05) is 7.05 Å². The van der Waals surface area contributed by atoms with Gasteiger partial charge < -0.3 is 10.4 Å². The third-order valence-electron chi connectivity index (χ3n) is 2.44. The third kappa shape index (κ3) is 2.29. The van der Waals surface area contributed by atoms with Gasteiger partial charge in [-0.25, -0.2) is 0 Å². The molecule has 1 aromatic rings. The number of likely N-dealkylation sites (N-methyl/N-ethyl adjacent to an activating group) is 1. The molecular weight excluding hydrogens is 295 g/mol. The molecule has 0 radical (unpaired) electrons. The van der Waals surface area contributed by atoms with Gasteiger partial charge in [0, 0.05) is 17.6 Å². The summed E-state index contributed by atoms with van der Waals surface area (Å²) in [5.41, 5.74) is 0.609. The molecule has 94 valence electrons. The van der Waals surface area contributed by atoms with Crippen molar-refractivity contribution in [2.45, 2.75) is 0 Å². The smallest absolute Gasteiger partial charge is 0.276 e. The van der Waals surface area contributed by atoms with E-state index >= 15 is 0 Å². The minimum absolute atomic E-state index is 0.121. The quantitative estimate of drug-likeness (QED) is 0.618. The molecule has 0 unspecified atom stereocenters. The molecule has 1 aliphatic rings. The van der Waals surface area contributed by atoms with Crippen molar-refractivity contribution in [2.24, 2.45) is 0 Å². The van der Waals surface area contributed by atoms with E-state index in [2.05, 4.69) is 5.32 Å². The van der Waals surface area contributed by atoms with Gasteiger partial charge in [0.05, 0.1) is 5.02 Å². The van der Waals surface area contributed by atoms with Crippen molar-refractivity contribution in [1.82, 2.24) is 10.2 Å².